The summed E-state index contributed by atoms with van der Waals surface area (Å²) in [5, 5.41) is 11.3. The van der Waals surface area contributed by atoms with E-state index in [2.05, 4.69) is 5.10 Å². The van der Waals surface area contributed by atoms with Crippen molar-refractivity contribution in [2.75, 3.05) is 11.5 Å². The quantitative estimate of drug-likeness (QED) is 0.738. The van der Waals surface area contributed by atoms with Crippen LogP contribution < -0.4 is 5.56 Å². The second-order valence-corrected chi connectivity index (χ2v) is 6.66. The number of carboxylic acids is 1. The summed E-state index contributed by atoms with van der Waals surface area (Å²) in [5.74, 6) is -1.47. The minimum atomic E-state index is -3.16. The molecular formula is C9H12N2O5S. The van der Waals surface area contributed by atoms with Crippen LogP contribution >= 0.6 is 0 Å². The van der Waals surface area contributed by atoms with Crippen molar-refractivity contribution in [2.24, 2.45) is 0 Å². The van der Waals surface area contributed by atoms with E-state index in [4.69, 9.17) is 5.11 Å². The van der Waals surface area contributed by atoms with Gasteiger partial charge in [-0.05, 0) is 13.3 Å². The minimum absolute atomic E-state index is 0.0113. The van der Waals surface area contributed by atoms with Gasteiger partial charge in [-0.2, -0.15) is 0 Å². The molecule has 1 aromatic rings. The van der Waals surface area contributed by atoms with Gasteiger partial charge in [-0.25, -0.2) is 17.9 Å². The van der Waals surface area contributed by atoms with Crippen LogP contribution in [0, 0.1) is 0 Å². The molecule has 1 unspecified atom stereocenters. The van der Waals surface area contributed by atoms with Crippen LogP contribution in [0.2, 0.25) is 0 Å². The lowest BCUT2D eigenvalue weighted by atomic mass is 10.0. The number of aromatic amines is 1. The van der Waals surface area contributed by atoms with E-state index in [-0.39, 0.29) is 17.1 Å². The molecule has 1 fully saturated rings. The third-order valence-corrected chi connectivity index (χ3v) is 4.91. The zero-order valence-electron chi connectivity index (χ0n) is 9.13. The zero-order chi connectivity index (χ0) is 12.8. The van der Waals surface area contributed by atoms with Crippen LogP contribution in [0.5, 0.6) is 0 Å². The van der Waals surface area contributed by atoms with Gasteiger partial charge >= 0.3 is 5.97 Å². The molecule has 17 heavy (non-hydrogen) atoms. The molecule has 1 aliphatic rings. The Hall–Kier alpha value is -1.57. The highest BCUT2D eigenvalue weighted by atomic mass is 32.2. The van der Waals surface area contributed by atoms with Gasteiger partial charge in [0.25, 0.3) is 5.56 Å². The first-order valence-corrected chi connectivity index (χ1v) is 6.82. The van der Waals surface area contributed by atoms with E-state index in [1.165, 1.54) is 0 Å². The number of rotatable bonds is 2. The first kappa shape index (κ1) is 11.9. The summed E-state index contributed by atoms with van der Waals surface area (Å²) in [6, 6.07) is 0. The number of aromatic nitrogens is 2. The SMILES string of the molecule is CC1(n2[nH]cc(C(=O)O)c2=O)CCS(=O)(=O)C1. The number of aromatic carboxylic acids is 1. The molecule has 1 aromatic heterocycles. The highest BCUT2D eigenvalue weighted by Crippen LogP contribution is 2.28. The van der Waals surface area contributed by atoms with Crippen molar-refractivity contribution in [1.29, 1.82) is 0 Å². The standard InChI is InChI=1S/C9H12N2O5S/c1-9(2-3-17(15,16)5-9)11-7(12)6(4-10-11)8(13)14/h4,10H,2-3,5H2,1H3,(H,13,14). The first-order valence-electron chi connectivity index (χ1n) is 5.00. The Morgan fingerprint density at radius 2 is 2.24 bits per heavy atom. The van der Waals surface area contributed by atoms with Crippen LogP contribution in [0.1, 0.15) is 23.7 Å². The summed E-state index contributed by atoms with van der Waals surface area (Å²) < 4.78 is 24.0. The van der Waals surface area contributed by atoms with Crippen molar-refractivity contribution >= 4 is 15.8 Å². The van der Waals surface area contributed by atoms with Crippen molar-refractivity contribution in [3.63, 3.8) is 0 Å². The Morgan fingerprint density at radius 3 is 2.65 bits per heavy atom. The van der Waals surface area contributed by atoms with Crippen molar-refractivity contribution in [3.05, 3.63) is 22.1 Å². The Morgan fingerprint density at radius 1 is 1.59 bits per heavy atom. The van der Waals surface area contributed by atoms with Crippen LogP contribution in [0.25, 0.3) is 0 Å². The summed E-state index contributed by atoms with van der Waals surface area (Å²) in [6.45, 7) is 1.63. The monoisotopic (exact) mass is 260 g/mol. The van der Waals surface area contributed by atoms with Gasteiger partial charge in [0.1, 0.15) is 5.56 Å². The molecule has 2 N–H and O–H groups in total. The van der Waals surface area contributed by atoms with Crippen molar-refractivity contribution in [1.82, 2.24) is 9.78 Å². The summed E-state index contributed by atoms with van der Waals surface area (Å²) in [6.07, 6.45) is 1.38. The Balaban J connectivity index is 2.49. The molecule has 0 aromatic carbocycles. The summed E-state index contributed by atoms with van der Waals surface area (Å²) in [5.41, 5.74) is -1.96. The number of hydrogen-bond acceptors (Lipinski definition) is 4. The van der Waals surface area contributed by atoms with Crippen LogP contribution in [-0.2, 0) is 15.4 Å². The summed E-state index contributed by atoms with van der Waals surface area (Å²) in [4.78, 5) is 22.5. The number of carboxylic acid groups (broad SMARTS) is 1. The van der Waals surface area contributed by atoms with Crippen molar-refractivity contribution < 1.29 is 18.3 Å². The second-order valence-electron chi connectivity index (χ2n) is 4.47. The first-order chi connectivity index (χ1) is 7.75. The molecule has 1 saturated heterocycles. The molecule has 0 aliphatic carbocycles. The lowest BCUT2D eigenvalue weighted by Crippen LogP contribution is -2.40. The Kier molecular flexibility index (Phi) is 2.42. The van der Waals surface area contributed by atoms with E-state index < -0.39 is 26.9 Å². The Bertz CT molecular complexity index is 626. The third kappa shape index (κ3) is 1.88. The zero-order valence-corrected chi connectivity index (χ0v) is 9.95. The van der Waals surface area contributed by atoms with Crippen LogP contribution in [-0.4, -0.2) is 40.8 Å². The highest BCUT2D eigenvalue weighted by Gasteiger charge is 2.41. The lowest BCUT2D eigenvalue weighted by Gasteiger charge is -2.22. The van der Waals surface area contributed by atoms with Gasteiger partial charge < -0.3 is 10.2 Å². The fourth-order valence-electron chi connectivity index (χ4n) is 2.09. The van der Waals surface area contributed by atoms with Gasteiger partial charge in [0.15, 0.2) is 9.84 Å². The van der Waals surface area contributed by atoms with E-state index in [1.54, 1.807) is 6.92 Å². The van der Waals surface area contributed by atoms with E-state index in [9.17, 15) is 18.0 Å². The van der Waals surface area contributed by atoms with Gasteiger partial charge in [0, 0.05) is 6.20 Å². The van der Waals surface area contributed by atoms with E-state index in [0.29, 0.717) is 6.42 Å². The normalized spacial score (nSPS) is 27.1. The fraction of sp³-hybridized carbons (Fsp3) is 0.556. The third-order valence-electron chi connectivity index (χ3n) is 3.02. The molecule has 8 heteroatoms. The molecule has 2 heterocycles. The summed E-state index contributed by atoms with van der Waals surface area (Å²) >= 11 is 0. The average molecular weight is 260 g/mol. The lowest BCUT2D eigenvalue weighted by molar-refractivity contribution is 0.0695. The maximum absolute atomic E-state index is 11.8. The largest absolute Gasteiger partial charge is 0.477 e. The predicted molar refractivity (Wildman–Crippen MR) is 58.9 cm³/mol. The van der Waals surface area contributed by atoms with Gasteiger partial charge in [0.05, 0.1) is 17.0 Å². The van der Waals surface area contributed by atoms with E-state index in [0.717, 1.165) is 10.9 Å². The molecule has 1 atom stereocenters. The number of carbonyl (C=O) groups is 1. The fourth-order valence-corrected chi connectivity index (χ4v) is 4.21. The van der Waals surface area contributed by atoms with Gasteiger partial charge in [-0.1, -0.05) is 0 Å². The van der Waals surface area contributed by atoms with Crippen LogP contribution in [0.4, 0.5) is 0 Å². The van der Waals surface area contributed by atoms with Crippen LogP contribution in [0.15, 0.2) is 11.0 Å². The molecule has 2 rings (SSSR count). The maximum atomic E-state index is 11.8. The Labute approximate surface area is 97.0 Å². The number of nitrogens with zero attached hydrogens (tertiary/aromatic N) is 1. The van der Waals surface area contributed by atoms with Crippen molar-refractivity contribution in [3.8, 4) is 0 Å². The number of nitrogens with one attached hydrogen (secondary N) is 1. The number of hydrogen-bond donors (Lipinski definition) is 2. The predicted octanol–water partition coefficient (Wildman–Crippen LogP) is -0.592. The molecule has 7 nitrogen and oxygen atoms in total. The molecule has 0 radical (unpaired) electrons. The minimum Gasteiger partial charge on any atom is -0.477 e. The van der Waals surface area contributed by atoms with E-state index in [1.807, 2.05) is 0 Å². The smallest absolute Gasteiger partial charge is 0.342 e. The van der Waals surface area contributed by atoms with Crippen molar-refractivity contribution in [2.45, 2.75) is 18.9 Å². The van der Waals surface area contributed by atoms with Gasteiger partial charge in [-0.15, -0.1) is 0 Å². The maximum Gasteiger partial charge on any atom is 0.342 e. The topological polar surface area (TPSA) is 109 Å². The van der Waals surface area contributed by atoms with Crippen LogP contribution in [0.3, 0.4) is 0 Å². The highest BCUT2D eigenvalue weighted by molar-refractivity contribution is 7.91. The molecule has 0 saturated carbocycles. The average Bonchev–Trinajstić information content (AvgIpc) is 2.68. The summed E-state index contributed by atoms with van der Waals surface area (Å²) in [7, 11) is -3.16. The number of H-pyrrole nitrogens is 1. The molecular weight excluding hydrogens is 248 g/mol. The number of sulfone groups is 1. The molecule has 94 valence electrons. The molecule has 1 aliphatic heterocycles. The molecule has 0 spiro atoms. The second kappa shape index (κ2) is 3.46. The van der Waals surface area contributed by atoms with E-state index >= 15 is 0 Å². The van der Waals surface area contributed by atoms with Gasteiger partial charge in [0.2, 0.25) is 0 Å². The molecule has 0 amide bonds. The molecule has 0 bridgehead atoms. The van der Waals surface area contributed by atoms with Gasteiger partial charge in [-0.3, -0.25) is 4.79 Å².